The second-order valence-corrected chi connectivity index (χ2v) is 9.59. The van der Waals surface area contributed by atoms with E-state index in [1.165, 1.54) is 0 Å². The van der Waals surface area contributed by atoms with Crippen molar-refractivity contribution in [2.24, 2.45) is 0 Å². The molecule has 0 fully saturated rings. The monoisotopic (exact) mass is 505 g/mol. The second-order valence-electron chi connectivity index (χ2n) is 9.59. The van der Waals surface area contributed by atoms with Crippen molar-refractivity contribution in [1.82, 2.24) is 5.32 Å². The Bertz CT molecular complexity index is 1240. The summed E-state index contributed by atoms with van der Waals surface area (Å²) < 4.78 is 22.2. The Morgan fingerprint density at radius 3 is 2.32 bits per heavy atom. The third kappa shape index (κ3) is 5.36. The molecule has 1 N–H and O–H groups in total. The van der Waals surface area contributed by atoms with Crippen LogP contribution in [-0.2, 0) is 14.3 Å². The number of esters is 1. The van der Waals surface area contributed by atoms with Crippen LogP contribution in [0.1, 0.15) is 63.5 Å². The van der Waals surface area contributed by atoms with Gasteiger partial charge in [0.25, 0.3) is 0 Å². The number of hydrogen-bond donors (Lipinski definition) is 1. The summed E-state index contributed by atoms with van der Waals surface area (Å²) >= 11 is 0. The Hall–Kier alpha value is -3.74. The van der Waals surface area contributed by atoms with E-state index in [0.29, 0.717) is 47.8 Å². The van der Waals surface area contributed by atoms with E-state index in [-0.39, 0.29) is 17.8 Å². The lowest BCUT2D eigenvalue weighted by Crippen LogP contribution is -2.36. The lowest BCUT2D eigenvalue weighted by Gasteiger charge is -2.37. The highest BCUT2D eigenvalue weighted by atomic mass is 16.5. The fourth-order valence-electron chi connectivity index (χ4n) is 5.17. The zero-order chi connectivity index (χ0) is 26.7. The summed E-state index contributed by atoms with van der Waals surface area (Å²) in [6.45, 7) is 7.89. The Morgan fingerprint density at radius 1 is 1.00 bits per heavy atom. The van der Waals surface area contributed by atoms with E-state index < -0.39 is 11.9 Å². The molecule has 0 saturated heterocycles. The molecule has 1 aliphatic heterocycles. The Kier molecular flexibility index (Phi) is 7.91. The first-order chi connectivity index (χ1) is 17.8. The first kappa shape index (κ1) is 26.3. The van der Waals surface area contributed by atoms with Gasteiger partial charge in [0.15, 0.2) is 17.3 Å². The maximum Gasteiger partial charge on any atom is 0.337 e. The van der Waals surface area contributed by atoms with Gasteiger partial charge in [-0.15, -0.1) is 0 Å². The van der Waals surface area contributed by atoms with Crippen LogP contribution in [0.5, 0.6) is 17.2 Å². The molecule has 4 rings (SSSR count). The number of hydrogen-bond acceptors (Lipinski definition) is 7. The molecule has 0 radical (unpaired) electrons. The number of ether oxygens (including phenoxy) is 4. The molecule has 37 heavy (non-hydrogen) atoms. The summed E-state index contributed by atoms with van der Waals surface area (Å²) in [5.41, 5.74) is 4.43. The van der Waals surface area contributed by atoms with Gasteiger partial charge in [-0.3, -0.25) is 4.79 Å². The van der Waals surface area contributed by atoms with Crippen LogP contribution in [0.3, 0.4) is 0 Å². The molecule has 7 nitrogen and oxygen atoms in total. The molecule has 0 unspecified atom stereocenters. The number of ketones is 1. The van der Waals surface area contributed by atoms with E-state index in [9.17, 15) is 9.59 Å². The molecule has 2 aromatic rings. The number of dihydropyridines is 1. The number of methoxy groups -OCH3 is 2. The SMILES string of the molecule is CCOc1ccc([C@@H]2C(C(=O)OC(C)C)=C(C)NC3=C2C(=O)C[C@H](c2ccc(OC)cc2)C3)cc1OC. The molecule has 2 atom stereocenters. The van der Waals surface area contributed by atoms with E-state index in [1.54, 1.807) is 14.2 Å². The van der Waals surface area contributed by atoms with Crippen LogP contribution in [0.15, 0.2) is 65.0 Å². The van der Waals surface area contributed by atoms with Crippen LogP contribution in [0.2, 0.25) is 0 Å². The van der Waals surface area contributed by atoms with E-state index in [2.05, 4.69) is 5.32 Å². The van der Waals surface area contributed by atoms with Crippen molar-refractivity contribution in [2.45, 2.75) is 58.5 Å². The Balaban J connectivity index is 1.80. The highest BCUT2D eigenvalue weighted by Crippen LogP contribution is 2.47. The van der Waals surface area contributed by atoms with Crippen LogP contribution in [-0.4, -0.2) is 38.7 Å². The number of carbonyl (C=O) groups excluding carboxylic acids is 2. The molecule has 0 spiro atoms. The quantitative estimate of drug-likeness (QED) is 0.480. The number of benzene rings is 2. The van der Waals surface area contributed by atoms with Gasteiger partial charge in [0.05, 0.1) is 32.5 Å². The lowest BCUT2D eigenvalue weighted by atomic mass is 9.71. The summed E-state index contributed by atoms with van der Waals surface area (Å²) in [5.74, 6) is 0.961. The number of allylic oxidation sites excluding steroid dienone is 3. The van der Waals surface area contributed by atoms with Crippen molar-refractivity contribution >= 4 is 11.8 Å². The molecule has 1 heterocycles. The number of nitrogens with one attached hydrogen (secondary N) is 1. The smallest absolute Gasteiger partial charge is 0.337 e. The van der Waals surface area contributed by atoms with E-state index in [0.717, 1.165) is 22.6 Å². The van der Waals surface area contributed by atoms with Crippen LogP contribution < -0.4 is 19.5 Å². The number of carbonyl (C=O) groups is 2. The van der Waals surface area contributed by atoms with Gasteiger partial charge in [-0.2, -0.15) is 0 Å². The van der Waals surface area contributed by atoms with Crippen molar-refractivity contribution in [1.29, 1.82) is 0 Å². The maximum atomic E-state index is 13.8. The molecule has 2 aromatic carbocycles. The summed E-state index contributed by atoms with van der Waals surface area (Å²) in [6.07, 6.45) is 0.713. The van der Waals surface area contributed by atoms with Crippen LogP contribution >= 0.6 is 0 Å². The minimum absolute atomic E-state index is 0.00904. The van der Waals surface area contributed by atoms with Gasteiger partial charge in [0.2, 0.25) is 0 Å². The topological polar surface area (TPSA) is 83.1 Å². The molecule has 0 aromatic heterocycles. The number of Topliss-reactive ketones (excluding diaryl/α,β-unsaturated/α-hetero) is 1. The van der Waals surface area contributed by atoms with Gasteiger partial charge < -0.3 is 24.3 Å². The molecule has 196 valence electrons. The zero-order valence-electron chi connectivity index (χ0n) is 22.3. The van der Waals surface area contributed by atoms with Gasteiger partial charge in [0, 0.05) is 29.3 Å². The van der Waals surface area contributed by atoms with Crippen LogP contribution in [0.25, 0.3) is 0 Å². The fourth-order valence-corrected chi connectivity index (χ4v) is 5.17. The summed E-state index contributed by atoms with van der Waals surface area (Å²) in [5, 5.41) is 3.39. The Morgan fingerprint density at radius 2 is 1.70 bits per heavy atom. The fraction of sp³-hybridized carbons (Fsp3) is 0.400. The molecule has 0 saturated carbocycles. The van der Waals surface area contributed by atoms with Crippen molar-refractivity contribution < 1.29 is 28.5 Å². The molecule has 1 aliphatic carbocycles. The van der Waals surface area contributed by atoms with Crippen LogP contribution in [0, 0.1) is 0 Å². The highest BCUT2D eigenvalue weighted by molar-refractivity contribution is 6.04. The van der Waals surface area contributed by atoms with Crippen molar-refractivity contribution in [3.05, 3.63) is 76.1 Å². The lowest BCUT2D eigenvalue weighted by molar-refractivity contribution is -0.143. The molecule has 0 amide bonds. The third-order valence-electron chi connectivity index (χ3n) is 6.80. The highest BCUT2D eigenvalue weighted by Gasteiger charge is 2.41. The van der Waals surface area contributed by atoms with Gasteiger partial charge in [-0.05, 0) is 75.4 Å². The Labute approximate surface area is 218 Å². The van der Waals surface area contributed by atoms with Gasteiger partial charge in [-0.1, -0.05) is 18.2 Å². The second kappa shape index (κ2) is 11.1. The molecule has 2 aliphatic rings. The summed E-state index contributed by atoms with van der Waals surface area (Å²) in [7, 11) is 3.21. The average Bonchev–Trinajstić information content (AvgIpc) is 2.87. The van der Waals surface area contributed by atoms with Gasteiger partial charge in [0.1, 0.15) is 5.75 Å². The molecular weight excluding hydrogens is 470 g/mol. The first-order valence-electron chi connectivity index (χ1n) is 12.7. The minimum Gasteiger partial charge on any atom is -0.497 e. The van der Waals surface area contributed by atoms with Crippen molar-refractivity contribution in [2.75, 3.05) is 20.8 Å². The molecular formula is C30H35NO6. The summed E-state index contributed by atoms with van der Waals surface area (Å²) in [4.78, 5) is 27.1. The minimum atomic E-state index is -0.573. The zero-order valence-corrected chi connectivity index (χ0v) is 22.3. The van der Waals surface area contributed by atoms with Gasteiger partial charge in [-0.25, -0.2) is 4.79 Å². The standard InChI is InChI=1S/C30H35NO6/c1-7-36-25-13-10-20(16-26(25)35-6)28-27(30(33)37-17(2)3)18(4)31-23-14-21(15-24(32)29(23)28)19-8-11-22(34-5)12-9-19/h8-13,16-17,21,28,31H,7,14-15H2,1-6H3/t21-,28-/m1/s1. The molecule has 7 heteroatoms. The summed E-state index contributed by atoms with van der Waals surface area (Å²) in [6, 6.07) is 13.4. The van der Waals surface area contributed by atoms with E-state index >= 15 is 0 Å². The normalized spacial score (nSPS) is 19.4. The maximum absolute atomic E-state index is 13.8. The van der Waals surface area contributed by atoms with E-state index in [4.69, 9.17) is 18.9 Å². The predicted molar refractivity (Wildman–Crippen MR) is 141 cm³/mol. The number of rotatable bonds is 8. The third-order valence-corrected chi connectivity index (χ3v) is 6.80. The average molecular weight is 506 g/mol. The molecule has 0 bridgehead atoms. The van der Waals surface area contributed by atoms with Crippen molar-refractivity contribution in [3.63, 3.8) is 0 Å². The van der Waals surface area contributed by atoms with Crippen LogP contribution in [0.4, 0.5) is 0 Å². The largest absolute Gasteiger partial charge is 0.497 e. The van der Waals surface area contributed by atoms with Gasteiger partial charge >= 0.3 is 5.97 Å². The van der Waals surface area contributed by atoms with E-state index in [1.807, 2.05) is 70.2 Å². The predicted octanol–water partition coefficient (Wildman–Crippen LogP) is 5.42. The first-order valence-corrected chi connectivity index (χ1v) is 12.7. The van der Waals surface area contributed by atoms with Crippen molar-refractivity contribution in [3.8, 4) is 17.2 Å².